The Morgan fingerprint density at radius 1 is 1.19 bits per heavy atom. The zero-order valence-electron chi connectivity index (χ0n) is 9.68. The topological polar surface area (TPSA) is 27.1 Å². The van der Waals surface area contributed by atoms with Crippen molar-refractivity contribution in [2.24, 2.45) is 7.05 Å². The Morgan fingerprint density at radius 3 is 2.50 bits per heavy atom. The number of rotatable bonds is 4. The van der Waals surface area contributed by atoms with E-state index in [1.54, 1.807) is 4.68 Å². The summed E-state index contributed by atoms with van der Waals surface area (Å²) in [7, 11) is 1.90. The van der Waals surface area contributed by atoms with E-state index in [0.717, 1.165) is 17.7 Å². The minimum Gasteiger partial charge on any atom is -0.489 e. The van der Waals surface area contributed by atoms with E-state index in [4.69, 9.17) is 4.74 Å². The quantitative estimate of drug-likeness (QED) is 0.785. The fraction of sp³-hybridized carbons (Fsp3) is 0.308. The molecule has 0 saturated carbocycles. The van der Waals surface area contributed by atoms with Crippen LogP contribution < -0.4 is 4.74 Å². The van der Waals surface area contributed by atoms with Gasteiger partial charge < -0.3 is 4.74 Å². The van der Waals surface area contributed by atoms with Crippen molar-refractivity contribution < 1.29 is 4.74 Å². The van der Waals surface area contributed by atoms with E-state index in [1.165, 1.54) is 5.56 Å². The fourth-order valence-corrected chi connectivity index (χ4v) is 1.53. The molecule has 1 heterocycles. The summed E-state index contributed by atoms with van der Waals surface area (Å²) >= 11 is 0. The van der Waals surface area contributed by atoms with Gasteiger partial charge in [0.05, 0.1) is 6.20 Å². The maximum atomic E-state index is 5.65. The van der Waals surface area contributed by atoms with Crippen LogP contribution in [0.1, 0.15) is 18.1 Å². The molecule has 84 valence electrons. The lowest BCUT2D eigenvalue weighted by Crippen LogP contribution is -1.94. The summed E-state index contributed by atoms with van der Waals surface area (Å²) in [6, 6.07) is 8.21. The number of ether oxygens (including phenoxy) is 1. The van der Waals surface area contributed by atoms with Gasteiger partial charge in [0.15, 0.2) is 0 Å². The molecule has 0 saturated heterocycles. The number of aryl methyl sites for hydroxylation is 2. The van der Waals surface area contributed by atoms with Crippen molar-refractivity contribution in [3.63, 3.8) is 0 Å². The highest BCUT2D eigenvalue weighted by Gasteiger charge is 1.98. The van der Waals surface area contributed by atoms with Crippen LogP contribution in [-0.4, -0.2) is 9.78 Å². The summed E-state index contributed by atoms with van der Waals surface area (Å²) in [5.41, 5.74) is 2.41. The van der Waals surface area contributed by atoms with E-state index in [-0.39, 0.29) is 0 Å². The second-order valence-electron chi connectivity index (χ2n) is 3.81. The van der Waals surface area contributed by atoms with Crippen LogP contribution >= 0.6 is 0 Å². The predicted octanol–water partition coefficient (Wildman–Crippen LogP) is 2.56. The average Bonchev–Trinajstić information content (AvgIpc) is 2.73. The maximum absolute atomic E-state index is 5.65. The van der Waals surface area contributed by atoms with E-state index in [1.807, 2.05) is 31.6 Å². The standard InChI is InChI=1S/C13H16N2O/c1-3-11-4-6-13(7-5-11)16-10-12-8-14-15(2)9-12/h4-9H,3,10H2,1-2H3. The van der Waals surface area contributed by atoms with Crippen LogP contribution in [0.15, 0.2) is 36.7 Å². The molecule has 1 aromatic heterocycles. The summed E-state index contributed by atoms with van der Waals surface area (Å²) in [5, 5.41) is 4.09. The number of aromatic nitrogens is 2. The molecular formula is C13H16N2O. The Morgan fingerprint density at radius 2 is 1.94 bits per heavy atom. The predicted molar refractivity (Wildman–Crippen MR) is 63.4 cm³/mol. The van der Waals surface area contributed by atoms with Crippen LogP contribution in [0.3, 0.4) is 0 Å². The van der Waals surface area contributed by atoms with Gasteiger partial charge in [-0.25, -0.2) is 0 Å². The Bertz CT molecular complexity index is 445. The number of hydrogen-bond acceptors (Lipinski definition) is 2. The molecule has 0 bridgehead atoms. The number of nitrogens with zero attached hydrogens (tertiary/aromatic N) is 2. The molecule has 0 amide bonds. The molecule has 0 radical (unpaired) electrons. The Kier molecular flexibility index (Phi) is 3.25. The van der Waals surface area contributed by atoms with E-state index >= 15 is 0 Å². The van der Waals surface area contributed by atoms with Gasteiger partial charge in [-0.05, 0) is 24.1 Å². The van der Waals surface area contributed by atoms with Crippen LogP contribution in [0.2, 0.25) is 0 Å². The first-order valence-electron chi connectivity index (χ1n) is 5.47. The van der Waals surface area contributed by atoms with Crippen LogP contribution in [0.4, 0.5) is 0 Å². The van der Waals surface area contributed by atoms with Gasteiger partial charge in [-0.3, -0.25) is 4.68 Å². The van der Waals surface area contributed by atoms with E-state index in [0.29, 0.717) is 6.61 Å². The molecule has 0 unspecified atom stereocenters. The summed E-state index contributed by atoms with van der Waals surface area (Å²) in [6.07, 6.45) is 4.84. The molecule has 3 nitrogen and oxygen atoms in total. The zero-order valence-corrected chi connectivity index (χ0v) is 9.68. The van der Waals surface area contributed by atoms with Gasteiger partial charge in [0.1, 0.15) is 12.4 Å². The second-order valence-corrected chi connectivity index (χ2v) is 3.81. The Balaban J connectivity index is 1.94. The largest absolute Gasteiger partial charge is 0.489 e. The highest BCUT2D eigenvalue weighted by atomic mass is 16.5. The van der Waals surface area contributed by atoms with Crippen molar-refractivity contribution in [2.45, 2.75) is 20.0 Å². The van der Waals surface area contributed by atoms with Crippen LogP contribution in [0.25, 0.3) is 0 Å². The fourth-order valence-electron chi connectivity index (χ4n) is 1.53. The number of hydrogen-bond donors (Lipinski definition) is 0. The Labute approximate surface area is 95.7 Å². The molecule has 0 aliphatic heterocycles. The third-order valence-corrected chi connectivity index (χ3v) is 2.50. The van der Waals surface area contributed by atoms with E-state index in [2.05, 4.69) is 24.2 Å². The molecule has 16 heavy (non-hydrogen) atoms. The van der Waals surface area contributed by atoms with Gasteiger partial charge in [0.2, 0.25) is 0 Å². The van der Waals surface area contributed by atoms with Crippen LogP contribution in [0, 0.1) is 0 Å². The first-order chi connectivity index (χ1) is 7.78. The molecule has 3 heteroatoms. The van der Waals surface area contributed by atoms with Crippen LogP contribution in [0.5, 0.6) is 5.75 Å². The minimum absolute atomic E-state index is 0.569. The van der Waals surface area contributed by atoms with E-state index in [9.17, 15) is 0 Å². The molecule has 0 fully saturated rings. The third kappa shape index (κ3) is 2.63. The van der Waals surface area contributed by atoms with Gasteiger partial charge in [0.25, 0.3) is 0 Å². The second kappa shape index (κ2) is 4.84. The van der Waals surface area contributed by atoms with Gasteiger partial charge in [-0.2, -0.15) is 5.10 Å². The van der Waals surface area contributed by atoms with Gasteiger partial charge in [0, 0.05) is 18.8 Å². The first kappa shape index (κ1) is 10.7. The first-order valence-corrected chi connectivity index (χ1v) is 5.47. The minimum atomic E-state index is 0.569. The number of benzene rings is 1. The van der Waals surface area contributed by atoms with Crippen molar-refractivity contribution in [3.05, 3.63) is 47.8 Å². The molecule has 2 rings (SSSR count). The third-order valence-electron chi connectivity index (χ3n) is 2.50. The molecular weight excluding hydrogens is 200 g/mol. The maximum Gasteiger partial charge on any atom is 0.119 e. The lowest BCUT2D eigenvalue weighted by molar-refractivity contribution is 0.306. The van der Waals surface area contributed by atoms with Crippen molar-refractivity contribution in [1.29, 1.82) is 0 Å². The zero-order chi connectivity index (χ0) is 11.4. The Hall–Kier alpha value is -1.77. The SMILES string of the molecule is CCc1ccc(OCc2cnn(C)c2)cc1. The van der Waals surface area contributed by atoms with Gasteiger partial charge in [-0.15, -0.1) is 0 Å². The molecule has 0 aliphatic carbocycles. The summed E-state index contributed by atoms with van der Waals surface area (Å²) < 4.78 is 7.43. The van der Waals surface area contributed by atoms with Crippen molar-refractivity contribution >= 4 is 0 Å². The molecule has 0 N–H and O–H groups in total. The highest BCUT2D eigenvalue weighted by Crippen LogP contribution is 2.14. The van der Waals surface area contributed by atoms with Gasteiger partial charge in [-0.1, -0.05) is 19.1 Å². The van der Waals surface area contributed by atoms with Crippen molar-refractivity contribution in [1.82, 2.24) is 9.78 Å². The highest BCUT2D eigenvalue weighted by molar-refractivity contribution is 5.27. The van der Waals surface area contributed by atoms with Crippen LogP contribution in [-0.2, 0) is 20.1 Å². The van der Waals surface area contributed by atoms with Crippen molar-refractivity contribution in [2.75, 3.05) is 0 Å². The van der Waals surface area contributed by atoms with E-state index < -0.39 is 0 Å². The normalized spacial score (nSPS) is 10.4. The molecule has 0 atom stereocenters. The lowest BCUT2D eigenvalue weighted by atomic mass is 10.2. The summed E-state index contributed by atoms with van der Waals surface area (Å²) in [6.45, 7) is 2.71. The monoisotopic (exact) mass is 216 g/mol. The smallest absolute Gasteiger partial charge is 0.119 e. The summed E-state index contributed by atoms with van der Waals surface area (Å²) in [5.74, 6) is 0.904. The summed E-state index contributed by atoms with van der Waals surface area (Å²) in [4.78, 5) is 0. The average molecular weight is 216 g/mol. The van der Waals surface area contributed by atoms with Gasteiger partial charge >= 0.3 is 0 Å². The molecule has 0 spiro atoms. The molecule has 2 aromatic rings. The molecule has 0 aliphatic rings. The van der Waals surface area contributed by atoms with Crippen molar-refractivity contribution in [3.8, 4) is 5.75 Å². The lowest BCUT2D eigenvalue weighted by Gasteiger charge is -2.04. The molecule has 1 aromatic carbocycles.